The third kappa shape index (κ3) is 4.11. The summed E-state index contributed by atoms with van der Waals surface area (Å²) in [6.07, 6.45) is -4.45. The summed E-state index contributed by atoms with van der Waals surface area (Å²) >= 11 is 0. The van der Waals surface area contributed by atoms with Gasteiger partial charge in [0.1, 0.15) is 5.75 Å². The topological polar surface area (TPSA) is 60.9 Å². The zero-order valence-corrected chi connectivity index (χ0v) is 15.2. The lowest BCUT2D eigenvalue weighted by molar-refractivity contribution is -0.137. The molecular formula is C20H19F3N2O3. The van der Waals surface area contributed by atoms with Gasteiger partial charge in [-0.3, -0.25) is 9.59 Å². The summed E-state index contributed by atoms with van der Waals surface area (Å²) < 4.78 is 37.9. The largest absolute Gasteiger partial charge is 0.507 e. The van der Waals surface area contributed by atoms with Crippen molar-refractivity contribution in [1.29, 1.82) is 0 Å². The van der Waals surface area contributed by atoms with E-state index < -0.39 is 11.7 Å². The highest BCUT2D eigenvalue weighted by Crippen LogP contribution is 2.29. The minimum atomic E-state index is -4.45. The highest BCUT2D eigenvalue weighted by molar-refractivity contribution is 5.97. The van der Waals surface area contributed by atoms with E-state index in [1.807, 2.05) is 0 Å². The predicted octanol–water partition coefficient (Wildman–Crippen LogP) is 3.32. The first-order valence-electron chi connectivity index (χ1n) is 8.72. The number of carbonyl (C=O) groups is 2. The minimum absolute atomic E-state index is 0.0896. The average molecular weight is 392 g/mol. The second-order valence-electron chi connectivity index (χ2n) is 6.68. The van der Waals surface area contributed by atoms with E-state index in [0.717, 1.165) is 29.8 Å². The Bertz CT molecular complexity index is 887. The summed E-state index contributed by atoms with van der Waals surface area (Å²) in [5.41, 5.74) is 0.399. The lowest BCUT2D eigenvalue weighted by atomic mass is 10.1. The number of amides is 2. The van der Waals surface area contributed by atoms with Crippen LogP contribution in [0.4, 0.5) is 13.2 Å². The van der Waals surface area contributed by atoms with E-state index in [4.69, 9.17) is 0 Å². The Balaban J connectivity index is 1.63. The second-order valence-corrected chi connectivity index (χ2v) is 6.68. The molecule has 0 radical (unpaired) electrons. The first-order valence-corrected chi connectivity index (χ1v) is 8.72. The molecule has 2 aromatic carbocycles. The quantitative estimate of drug-likeness (QED) is 0.853. The van der Waals surface area contributed by atoms with Gasteiger partial charge in [0.25, 0.3) is 11.8 Å². The summed E-state index contributed by atoms with van der Waals surface area (Å²) in [6, 6.07) is 8.89. The highest BCUT2D eigenvalue weighted by Gasteiger charge is 2.31. The van der Waals surface area contributed by atoms with Gasteiger partial charge in [0.2, 0.25) is 0 Å². The van der Waals surface area contributed by atoms with Gasteiger partial charge >= 0.3 is 6.18 Å². The molecule has 0 aliphatic carbocycles. The molecule has 0 aromatic heterocycles. The first kappa shape index (κ1) is 19.7. The normalized spacial score (nSPS) is 14.9. The Hall–Kier alpha value is -3.03. The van der Waals surface area contributed by atoms with Gasteiger partial charge in [0.15, 0.2) is 0 Å². The van der Waals surface area contributed by atoms with Gasteiger partial charge in [-0.05, 0) is 48.9 Å². The number of phenols is 1. The van der Waals surface area contributed by atoms with Crippen molar-refractivity contribution in [3.8, 4) is 5.75 Å². The summed E-state index contributed by atoms with van der Waals surface area (Å²) in [7, 11) is 0. The Kier molecular flexibility index (Phi) is 5.31. The molecule has 0 saturated carbocycles. The van der Waals surface area contributed by atoms with Crippen LogP contribution in [-0.2, 0) is 6.18 Å². The summed E-state index contributed by atoms with van der Waals surface area (Å²) in [6.45, 7) is 2.88. The standard InChI is InChI=1S/C20H19F3N2O3/c1-13-2-7-16(17(26)12-13)19(28)25-10-8-24(9-11-25)18(27)14-3-5-15(6-4-14)20(21,22)23/h2-7,12,26H,8-11H2,1H3. The Morgan fingerprint density at radius 3 is 1.93 bits per heavy atom. The van der Waals surface area contributed by atoms with Gasteiger partial charge in [-0.1, -0.05) is 6.07 Å². The number of alkyl halides is 3. The number of aryl methyl sites for hydroxylation is 1. The monoisotopic (exact) mass is 392 g/mol. The number of aromatic hydroxyl groups is 1. The summed E-state index contributed by atoms with van der Waals surface area (Å²) in [5, 5.41) is 9.97. The zero-order valence-electron chi connectivity index (χ0n) is 15.2. The SMILES string of the molecule is Cc1ccc(C(=O)N2CCN(C(=O)c3ccc(C(F)(F)F)cc3)CC2)c(O)c1. The van der Waals surface area contributed by atoms with E-state index in [1.165, 1.54) is 11.0 Å². The lowest BCUT2D eigenvalue weighted by Crippen LogP contribution is -2.50. The van der Waals surface area contributed by atoms with Crippen molar-refractivity contribution in [3.63, 3.8) is 0 Å². The number of phenolic OH excluding ortho intramolecular Hbond substituents is 1. The lowest BCUT2D eigenvalue weighted by Gasteiger charge is -2.35. The fourth-order valence-electron chi connectivity index (χ4n) is 3.09. The summed E-state index contributed by atoms with van der Waals surface area (Å²) in [5.74, 6) is -0.786. The Morgan fingerprint density at radius 1 is 0.893 bits per heavy atom. The van der Waals surface area contributed by atoms with Crippen molar-refractivity contribution in [3.05, 3.63) is 64.7 Å². The van der Waals surface area contributed by atoms with Gasteiger partial charge in [-0.2, -0.15) is 13.2 Å². The van der Waals surface area contributed by atoms with Crippen molar-refractivity contribution in [1.82, 2.24) is 9.80 Å². The molecule has 1 heterocycles. The van der Waals surface area contributed by atoms with E-state index in [1.54, 1.807) is 24.0 Å². The number of rotatable bonds is 2. The summed E-state index contributed by atoms with van der Waals surface area (Å²) in [4.78, 5) is 28.1. The molecule has 2 amide bonds. The van der Waals surface area contributed by atoms with E-state index in [2.05, 4.69) is 0 Å². The van der Waals surface area contributed by atoms with Crippen LogP contribution in [-0.4, -0.2) is 52.9 Å². The molecule has 5 nitrogen and oxygen atoms in total. The number of hydrogen-bond acceptors (Lipinski definition) is 3. The van der Waals surface area contributed by atoms with Crippen molar-refractivity contribution in [2.45, 2.75) is 13.1 Å². The van der Waals surface area contributed by atoms with Gasteiger partial charge < -0.3 is 14.9 Å². The van der Waals surface area contributed by atoms with E-state index >= 15 is 0 Å². The minimum Gasteiger partial charge on any atom is -0.507 e. The molecule has 148 valence electrons. The van der Waals surface area contributed by atoms with Crippen LogP contribution in [0.15, 0.2) is 42.5 Å². The zero-order chi connectivity index (χ0) is 20.5. The Morgan fingerprint density at radius 2 is 1.43 bits per heavy atom. The van der Waals surface area contributed by atoms with Crippen LogP contribution in [0.25, 0.3) is 0 Å². The molecule has 0 unspecified atom stereocenters. The smallest absolute Gasteiger partial charge is 0.416 e. The molecule has 0 bridgehead atoms. The maximum Gasteiger partial charge on any atom is 0.416 e. The number of hydrogen-bond donors (Lipinski definition) is 1. The van der Waals surface area contributed by atoms with Crippen LogP contribution >= 0.6 is 0 Å². The van der Waals surface area contributed by atoms with Gasteiger partial charge in [-0.15, -0.1) is 0 Å². The molecule has 28 heavy (non-hydrogen) atoms. The number of carbonyl (C=O) groups excluding carboxylic acids is 2. The predicted molar refractivity (Wildman–Crippen MR) is 96.1 cm³/mol. The van der Waals surface area contributed by atoms with Crippen molar-refractivity contribution in [2.75, 3.05) is 26.2 Å². The van der Waals surface area contributed by atoms with Gasteiger partial charge in [-0.25, -0.2) is 0 Å². The van der Waals surface area contributed by atoms with Crippen LogP contribution in [0.1, 0.15) is 31.8 Å². The Labute approximate surface area is 160 Å². The highest BCUT2D eigenvalue weighted by atomic mass is 19.4. The van der Waals surface area contributed by atoms with Crippen LogP contribution < -0.4 is 0 Å². The molecule has 3 rings (SSSR count). The molecule has 1 aliphatic heterocycles. The maximum atomic E-state index is 12.6. The number of benzene rings is 2. The maximum absolute atomic E-state index is 12.6. The number of piperazine rings is 1. The molecule has 1 saturated heterocycles. The van der Waals surface area contributed by atoms with Crippen molar-refractivity contribution >= 4 is 11.8 Å². The molecule has 1 fully saturated rings. The molecule has 2 aromatic rings. The fraction of sp³-hybridized carbons (Fsp3) is 0.300. The van der Waals surface area contributed by atoms with E-state index in [0.29, 0.717) is 0 Å². The van der Waals surface area contributed by atoms with Gasteiger partial charge in [0.05, 0.1) is 11.1 Å². The van der Waals surface area contributed by atoms with Crippen LogP contribution in [0.3, 0.4) is 0 Å². The third-order valence-corrected chi connectivity index (χ3v) is 4.70. The van der Waals surface area contributed by atoms with E-state index in [9.17, 15) is 27.9 Å². The second kappa shape index (κ2) is 7.53. The van der Waals surface area contributed by atoms with Crippen LogP contribution in [0.2, 0.25) is 0 Å². The number of halogens is 3. The molecular weight excluding hydrogens is 373 g/mol. The van der Waals surface area contributed by atoms with Crippen LogP contribution in [0.5, 0.6) is 5.75 Å². The van der Waals surface area contributed by atoms with Crippen LogP contribution in [0, 0.1) is 6.92 Å². The van der Waals surface area contributed by atoms with Gasteiger partial charge in [0, 0.05) is 31.7 Å². The molecule has 8 heteroatoms. The molecule has 1 N–H and O–H groups in total. The third-order valence-electron chi connectivity index (χ3n) is 4.70. The molecule has 0 atom stereocenters. The first-order chi connectivity index (χ1) is 13.2. The molecule has 1 aliphatic rings. The number of nitrogens with zero attached hydrogens (tertiary/aromatic N) is 2. The molecule has 0 spiro atoms. The fourth-order valence-corrected chi connectivity index (χ4v) is 3.09. The average Bonchev–Trinajstić information content (AvgIpc) is 2.66. The van der Waals surface area contributed by atoms with E-state index in [-0.39, 0.29) is 54.9 Å². The van der Waals surface area contributed by atoms with Crippen molar-refractivity contribution in [2.24, 2.45) is 0 Å². The van der Waals surface area contributed by atoms with Crippen molar-refractivity contribution < 1.29 is 27.9 Å².